The van der Waals surface area contributed by atoms with Crippen LogP contribution in [0.25, 0.3) is 0 Å². The Balaban J connectivity index is 0.00000172. The van der Waals surface area contributed by atoms with Gasteiger partial charge in [-0.3, -0.25) is 4.79 Å². The van der Waals surface area contributed by atoms with E-state index in [4.69, 9.17) is 4.74 Å². The molecule has 0 N–H and O–H groups in total. The number of hydrogen-bond donors (Lipinski definition) is 0. The molecule has 0 aliphatic rings. The van der Waals surface area contributed by atoms with Crippen LogP contribution in [0.15, 0.2) is 30.3 Å². The van der Waals surface area contributed by atoms with Crippen molar-refractivity contribution in [3.8, 4) is 0 Å². The zero-order chi connectivity index (χ0) is 15.6. The van der Waals surface area contributed by atoms with Gasteiger partial charge in [-0.15, -0.1) is 8.58 Å². The number of carbonyl (C=O) groups is 1. The number of hydrogen-bond acceptors (Lipinski definition) is 2. The van der Waals surface area contributed by atoms with Gasteiger partial charge >= 0.3 is 5.97 Å². The highest BCUT2D eigenvalue weighted by molar-refractivity contribution is 7.40. The fourth-order valence-corrected chi connectivity index (χ4v) is 2.88. The average molecular weight is 296 g/mol. The van der Waals surface area contributed by atoms with E-state index < -0.39 is 0 Å². The SMILES string of the molecule is CC.CPC(C)(CC(C)C)C(=O)OCc1ccccc1. The van der Waals surface area contributed by atoms with Crippen LogP contribution in [0.3, 0.4) is 0 Å². The molecule has 2 nitrogen and oxygen atoms in total. The van der Waals surface area contributed by atoms with Crippen LogP contribution in [0.4, 0.5) is 0 Å². The van der Waals surface area contributed by atoms with Crippen LogP contribution in [-0.2, 0) is 16.1 Å². The maximum Gasteiger partial charge on any atom is 0.316 e. The Labute approximate surface area is 126 Å². The lowest BCUT2D eigenvalue weighted by atomic mass is 9.98. The second-order valence-corrected chi connectivity index (χ2v) is 6.85. The van der Waals surface area contributed by atoms with Crippen molar-refractivity contribution in [3.63, 3.8) is 0 Å². The lowest BCUT2D eigenvalue weighted by molar-refractivity contribution is -0.148. The number of esters is 1. The molecule has 2 atom stereocenters. The van der Waals surface area contributed by atoms with Gasteiger partial charge in [-0.2, -0.15) is 0 Å². The van der Waals surface area contributed by atoms with Gasteiger partial charge in [0.15, 0.2) is 0 Å². The van der Waals surface area contributed by atoms with Crippen molar-refractivity contribution in [3.05, 3.63) is 35.9 Å². The first-order valence-corrected chi connectivity index (χ1v) is 8.88. The van der Waals surface area contributed by atoms with Crippen molar-refractivity contribution >= 4 is 14.6 Å². The fraction of sp³-hybridized carbons (Fsp3) is 0.588. The van der Waals surface area contributed by atoms with Crippen LogP contribution in [0, 0.1) is 5.92 Å². The molecule has 0 saturated heterocycles. The van der Waals surface area contributed by atoms with E-state index in [2.05, 4.69) is 20.5 Å². The summed E-state index contributed by atoms with van der Waals surface area (Å²) in [6.45, 7) is 12.7. The molecule has 0 heterocycles. The fourth-order valence-electron chi connectivity index (χ4n) is 1.99. The molecule has 0 fully saturated rings. The highest BCUT2D eigenvalue weighted by atomic mass is 31.1. The predicted octanol–water partition coefficient (Wildman–Crippen LogP) is 4.87. The van der Waals surface area contributed by atoms with Crippen LogP contribution in [0.2, 0.25) is 0 Å². The monoisotopic (exact) mass is 296 g/mol. The zero-order valence-electron chi connectivity index (χ0n) is 13.7. The van der Waals surface area contributed by atoms with Gasteiger partial charge in [-0.1, -0.05) is 58.0 Å². The van der Waals surface area contributed by atoms with Crippen LogP contribution in [0.1, 0.15) is 46.6 Å². The molecule has 0 spiro atoms. The first kappa shape index (κ1) is 19.1. The third-order valence-electron chi connectivity index (χ3n) is 3.03. The molecule has 0 bridgehead atoms. The van der Waals surface area contributed by atoms with Crippen molar-refractivity contribution in [1.82, 2.24) is 0 Å². The second-order valence-electron chi connectivity index (χ2n) is 5.24. The Morgan fingerprint density at radius 3 is 2.25 bits per heavy atom. The highest BCUT2D eigenvalue weighted by Crippen LogP contribution is 2.36. The van der Waals surface area contributed by atoms with E-state index >= 15 is 0 Å². The normalized spacial score (nSPS) is 13.8. The summed E-state index contributed by atoms with van der Waals surface area (Å²) in [5, 5.41) is -0.330. The Hall–Kier alpha value is -0.880. The van der Waals surface area contributed by atoms with Crippen LogP contribution >= 0.6 is 8.58 Å². The van der Waals surface area contributed by atoms with E-state index in [0.29, 0.717) is 21.1 Å². The summed E-state index contributed by atoms with van der Waals surface area (Å²) in [5.74, 6) is 0.438. The molecule has 3 heteroatoms. The van der Waals surface area contributed by atoms with Crippen molar-refractivity contribution in [2.45, 2.75) is 52.8 Å². The molecular weight excluding hydrogens is 267 g/mol. The number of ether oxygens (including phenoxy) is 1. The van der Waals surface area contributed by atoms with Gasteiger partial charge in [0.25, 0.3) is 0 Å². The van der Waals surface area contributed by atoms with Gasteiger partial charge in [-0.05, 0) is 31.5 Å². The minimum absolute atomic E-state index is 0.0686. The van der Waals surface area contributed by atoms with E-state index in [-0.39, 0.29) is 11.1 Å². The maximum atomic E-state index is 12.2. The summed E-state index contributed by atoms with van der Waals surface area (Å²) in [5.41, 5.74) is 1.04. The first-order chi connectivity index (χ1) is 9.48. The lowest BCUT2D eigenvalue weighted by Gasteiger charge is -2.27. The predicted molar refractivity (Wildman–Crippen MR) is 89.7 cm³/mol. The van der Waals surface area contributed by atoms with E-state index in [1.54, 1.807) is 0 Å². The summed E-state index contributed by atoms with van der Waals surface area (Å²) in [6.07, 6.45) is 0.884. The standard InChI is InChI=1S/C15H23O2P.C2H6/c1-12(2)10-15(3,18-4)14(16)17-11-13-8-6-5-7-9-13;1-2/h5-9,12,18H,10-11H2,1-4H3;1-2H3. The molecule has 1 aromatic rings. The topological polar surface area (TPSA) is 26.3 Å². The van der Waals surface area contributed by atoms with Crippen molar-refractivity contribution < 1.29 is 9.53 Å². The van der Waals surface area contributed by atoms with Crippen LogP contribution in [-0.4, -0.2) is 17.8 Å². The average Bonchev–Trinajstić information content (AvgIpc) is 2.47. The molecule has 114 valence electrons. The Morgan fingerprint density at radius 1 is 1.25 bits per heavy atom. The van der Waals surface area contributed by atoms with Crippen molar-refractivity contribution in [1.29, 1.82) is 0 Å². The van der Waals surface area contributed by atoms with Gasteiger partial charge in [0.05, 0.1) is 5.16 Å². The molecule has 1 aromatic carbocycles. The van der Waals surface area contributed by atoms with E-state index in [1.165, 1.54) is 0 Å². The molecular formula is C17H29O2P. The van der Waals surface area contributed by atoms with E-state index in [1.807, 2.05) is 51.1 Å². The molecule has 1 rings (SSSR count). The molecule has 0 aromatic heterocycles. The van der Waals surface area contributed by atoms with Gasteiger partial charge in [0.1, 0.15) is 6.61 Å². The molecule has 0 aliphatic heterocycles. The smallest absolute Gasteiger partial charge is 0.316 e. The third kappa shape index (κ3) is 6.52. The van der Waals surface area contributed by atoms with Crippen molar-refractivity contribution in [2.75, 3.05) is 6.66 Å². The molecule has 0 saturated carbocycles. The first-order valence-electron chi connectivity index (χ1n) is 7.38. The van der Waals surface area contributed by atoms with Gasteiger partial charge in [-0.25, -0.2) is 0 Å². The molecule has 0 amide bonds. The second kappa shape index (κ2) is 9.94. The number of benzene rings is 1. The molecule has 2 unspecified atom stereocenters. The summed E-state index contributed by atoms with van der Waals surface area (Å²) < 4.78 is 5.45. The van der Waals surface area contributed by atoms with Crippen LogP contribution in [0.5, 0.6) is 0 Å². The van der Waals surface area contributed by atoms with Gasteiger partial charge in [0.2, 0.25) is 0 Å². The molecule has 20 heavy (non-hydrogen) atoms. The molecule has 0 aliphatic carbocycles. The Bertz CT molecular complexity index is 376. The Kier molecular flexibility index (Phi) is 9.50. The van der Waals surface area contributed by atoms with Gasteiger partial charge in [0, 0.05) is 0 Å². The zero-order valence-corrected chi connectivity index (χ0v) is 14.7. The van der Waals surface area contributed by atoms with Crippen LogP contribution < -0.4 is 0 Å². The third-order valence-corrected chi connectivity index (χ3v) is 4.54. The summed E-state index contributed by atoms with van der Waals surface area (Å²) in [7, 11) is 0.568. The van der Waals surface area contributed by atoms with Gasteiger partial charge < -0.3 is 4.74 Å². The largest absolute Gasteiger partial charge is 0.460 e. The van der Waals surface area contributed by atoms with E-state index in [0.717, 1.165) is 12.0 Å². The Morgan fingerprint density at radius 2 is 1.80 bits per heavy atom. The maximum absolute atomic E-state index is 12.2. The lowest BCUT2D eigenvalue weighted by Crippen LogP contribution is -2.33. The summed E-state index contributed by atoms with van der Waals surface area (Å²) in [4.78, 5) is 12.2. The highest BCUT2D eigenvalue weighted by Gasteiger charge is 2.33. The van der Waals surface area contributed by atoms with Crippen molar-refractivity contribution in [2.24, 2.45) is 5.92 Å². The quantitative estimate of drug-likeness (QED) is 0.553. The number of carbonyl (C=O) groups excluding carboxylic acids is 1. The molecule has 0 radical (unpaired) electrons. The number of rotatable bonds is 6. The summed E-state index contributed by atoms with van der Waals surface area (Å²) in [6, 6.07) is 9.82. The van der Waals surface area contributed by atoms with E-state index in [9.17, 15) is 4.79 Å². The minimum atomic E-state index is -0.330. The minimum Gasteiger partial charge on any atom is -0.460 e. The summed E-state index contributed by atoms with van der Waals surface area (Å²) >= 11 is 0.